The molecule has 4 nitrogen and oxygen atoms in total. The maximum Gasteiger partial charge on any atom is 0.303 e. The van der Waals surface area contributed by atoms with E-state index in [0.29, 0.717) is 18.5 Å². The molecule has 0 radical (unpaired) electrons. The lowest BCUT2D eigenvalue weighted by Crippen LogP contribution is -2.56. The maximum atomic E-state index is 10.5. The maximum absolute atomic E-state index is 10.5. The van der Waals surface area contributed by atoms with E-state index in [2.05, 4.69) is 23.7 Å². The van der Waals surface area contributed by atoms with E-state index >= 15 is 0 Å². The summed E-state index contributed by atoms with van der Waals surface area (Å²) < 4.78 is 0. The molecular weight excluding hydrogens is 192 g/mol. The molecule has 0 bridgehead atoms. The van der Waals surface area contributed by atoms with Gasteiger partial charge in [0.25, 0.3) is 0 Å². The SMILES string of the molecule is C=CCN1C(C)CNCC1CCC(=O)O. The van der Waals surface area contributed by atoms with Crippen LogP contribution in [0.15, 0.2) is 12.7 Å². The zero-order chi connectivity index (χ0) is 11.3. The van der Waals surface area contributed by atoms with Crippen LogP contribution >= 0.6 is 0 Å². The molecule has 0 spiro atoms. The molecule has 1 fully saturated rings. The van der Waals surface area contributed by atoms with Crippen molar-refractivity contribution in [2.75, 3.05) is 19.6 Å². The molecule has 0 saturated carbocycles. The minimum Gasteiger partial charge on any atom is -0.481 e. The Hall–Kier alpha value is -0.870. The number of carboxylic acid groups (broad SMARTS) is 1. The summed E-state index contributed by atoms with van der Waals surface area (Å²) in [5, 5.41) is 12.0. The summed E-state index contributed by atoms with van der Waals surface area (Å²) in [5.41, 5.74) is 0. The summed E-state index contributed by atoms with van der Waals surface area (Å²) in [7, 11) is 0. The monoisotopic (exact) mass is 212 g/mol. The number of hydrogen-bond donors (Lipinski definition) is 2. The lowest BCUT2D eigenvalue weighted by molar-refractivity contribution is -0.137. The lowest BCUT2D eigenvalue weighted by Gasteiger charge is -2.40. The van der Waals surface area contributed by atoms with Crippen LogP contribution in [-0.2, 0) is 4.79 Å². The molecule has 1 rings (SSSR count). The highest BCUT2D eigenvalue weighted by atomic mass is 16.4. The van der Waals surface area contributed by atoms with E-state index in [1.54, 1.807) is 0 Å². The van der Waals surface area contributed by atoms with Crippen molar-refractivity contribution in [3.63, 3.8) is 0 Å². The Morgan fingerprint density at radius 3 is 3.00 bits per heavy atom. The molecule has 0 aromatic heterocycles. The standard InChI is InChI=1S/C11H20N2O2/c1-3-6-13-9(2)7-12-8-10(13)4-5-11(14)15/h3,9-10,12H,1,4-8H2,2H3,(H,14,15). The van der Waals surface area contributed by atoms with Crippen molar-refractivity contribution in [2.24, 2.45) is 0 Å². The quantitative estimate of drug-likeness (QED) is 0.659. The molecule has 0 amide bonds. The molecule has 0 aromatic rings. The minimum atomic E-state index is -0.716. The lowest BCUT2D eigenvalue weighted by atomic mass is 10.0. The van der Waals surface area contributed by atoms with Crippen LogP contribution in [0.4, 0.5) is 0 Å². The van der Waals surface area contributed by atoms with Gasteiger partial charge in [-0.25, -0.2) is 0 Å². The zero-order valence-electron chi connectivity index (χ0n) is 9.28. The van der Waals surface area contributed by atoms with Gasteiger partial charge < -0.3 is 10.4 Å². The fraction of sp³-hybridized carbons (Fsp3) is 0.727. The number of rotatable bonds is 5. The highest BCUT2D eigenvalue weighted by Gasteiger charge is 2.26. The van der Waals surface area contributed by atoms with Crippen molar-refractivity contribution in [3.8, 4) is 0 Å². The number of aliphatic carboxylic acids is 1. The van der Waals surface area contributed by atoms with Crippen LogP contribution in [0.1, 0.15) is 19.8 Å². The van der Waals surface area contributed by atoms with E-state index < -0.39 is 5.97 Å². The van der Waals surface area contributed by atoms with Crippen LogP contribution in [0.3, 0.4) is 0 Å². The predicted molar refractivity (Wildman–Crippen MR) is 59.9 cm³/mol. The molecule has 1 aliphatic heterocycles. The van der Waals surface area contributed by atoms with E-state index in [-0.39, 0.29) is 6.42 Å². The van der Waals surface area contributed by atoms with Crippen LogP contribution in [0.2, 0.25) is 0 Å². The van der Waals surface area contributed by atoms with Gasteiger partial charge in [0.05, 0.1) is 0 Å². The van der Waals surface area contributed by atoms with E-state index in [4.69, 9.17) is 5.11 Å². The van der Waals surface area contributed by atoms with Crippen molar-refractivity contribution in [3.05, 3.63) is 12.7 Å². The molecule has 2 unspecified atom stereocenters. The molecule has 2 N–H and O–H groups in total. The first-order chi connectivity index (χ1) is 7.15. The molecule has 1 aliphatic rings. The molecule has 86 valence electrons. The van der Waals surface area contributed by atoms with E-state index in [1.165, 1.54) is 0 Å². The Balaban J connectivity index is 2.49. The number of nitrogens with zero attached hydrogens (tertiary/aromatic N) is 1. The highest BCUT2D eigenvalue weighted by Crippen LogP contribution is 2.14. The first kappa shape index (κ1) is 12.2. The second-order valence-corrected chi connectivity index (χ2v) is 4.08. The third-order valence-corrected chi connectivity index (χ3v) is 2.89. The summed E-state index contributed by atoms with van der Waals surface area (Å²) in [4.78, 5) is 12.9. The third-order valence-electron chi connectivity index (χ3n) is 2.89. The molecule has 2 atom stereocenters. The van der Waals surface area contributed by atoms with Gasteiger partial charge in [0.15, 0.2) is 0 Å². The van der Waals surface area contributed by atoms with Crippen molar-refractivity contribution >= 4 is 5.97 Å². The zero-order valence-corrected chi connectivity index (χ0v) is 9.28. The number of carboxylic acids is 1. The first-order valence-electron chi connectivity index (χ1n) is 5.44. The van der Waals surface area contributed by atoms with Crippen molar-refractivity contribution in [1.82, 2.24) is 10.2 Å². The van der Waals surface area contributed by atoms with Gasteiger partial charge in [0.2, 0.25) is 0 Å². The van der Waals surface area contributed by atoms with E-state index in [9.17, 15) is 4.79 Å². The number of hydrogen-bond acceptors (Lipinski definition) is 3. The summed E-state index contributed by atoms with van der Waals surface area (Å²) in [6.45, 7) is 8.59. The van der Waals surface area contributed by atoms with Crippen molar-refractivity contribution < 1.29 is 9.90 Å². The van der Waals surface area contributed by atoms with Gasteiger partial charge >= 0.3 is 5.97 Å². The molecule has 0 aliphatic carbocycles. The van der Waals surface area contributed by atoms with E-state index in [1.807, 2.05) is 6.08 Å². The fourth-order valence-electron chi connectivity index (χ4n) is 2.09. The topological polar surface area (TPSA) is 52.6 Å². The number of carbonyl (C=O) groups is 1. The van der Waals surface area contributed by atoms with Gasteiger partial charge in [0, 0.05) is 38.1 Å². The van der Waals surface area contributed by atoms with Gasteiger partial charge in [-0.2, -0.15) is 0 Å². The molecule has 15 heavy (non-hydrogen) atoms. The molecule has 1 saturated heterocycles. The summed E-state index contributed by atoms with van der Waals surface area (Å²) in [5.74, 6) is -0.716. The molecule has 4 heteroatoms. The Morgan fingerprint density at radius 1 is 1.67 bits per heavy atom. The average molecular weight is 212 g/mol. The van der Waals surface area contributed by atoms with Gasteiger partial charge in [-0.05, 0) is 13.3 Å². The van der Waals surface area contributed by atoms with Crippen LogP contribution < -0.4 is 5.32 Å². The minimum absolute atomic E-state index is 0.243. The molecule has 0 aromatic carbocycles. The van der Waals surface area contributed by atoms with Gasteiger partial charge in [-0.1, -0.05) is 6.08 Å². The Morgan fingerprint density at radius 2 is 2.40 bits per heavy atom. The third kappa shape index (κ3) is 3.64. The summed E-state index contributed by atoms with van der Waals surface area (Å²) in [6.07, 6.45) is 2.84. The first-order valence-corrected chi connectivity index (χ1v) is 5.44. The molecule has 1 heterocycles. The fourth-order valence-corrected chi connectivity index (χ4v) is 2.09. The second-order valence-electron chi connectivity index (χ2n) is 4.08. The summed E-state index contributed by atoms with van der Waals surface area (Å²) >= 11 is 0. The number of nitrogens with one attached hydrogen (secondary N) is 1. The van der Waals surface area contributed by atoms with Gasteiger partial charge in [0.1, 0.15) is 0 Å². The Kier molecular flexibility index (Phi) is 4.78. The van der Waals surface area contributed by atoms with Crippen LogP contribution in [0, 0.1) is 0 Å². The van der Waals surface area contributed by atoms with Crippen LogP contribution in [0.5, 0.6) is 0 Å². The van der Waals surface area contributed by atoms with Crippen molar-refractivity contribution in [2.45, 2.75) is 31.8 Å². The second kappa shape index (κ2) is 5.88. The van der Waals surface area contributed by atoms with Gasteiger partial charge in [-0.15, -0.1) is 6.58 Å². The van der Waals surface area contributed by atoms with Crippen LogP contribution in [-0.4, -0.2) is 47.7 Å². The highest BCUT2D eigenvalue weighted by molar-refractivity contribution is 5.66. The predicted octanol–water partition coefficient (Wildman–Crippen LogP) is 0.699. The summed E-state index contributed by atoms with van der Waals surface area (Å²) in [6, 6.07) is 0.776. The van der Waals surface area contributed by atoms with Gasteiger partial charge in [-0.3, -0.25) is 9.69 Å². The van der Waals surface area contributed by atoms with Crippen molar-refractivity contribution in [1.29, 1.82) is 0 Å². The molecular formula is C11H20N2O2. The smallest absolute Gasteiger partial charge is 0.303 e. The van der Waals surface area contributed by atoms with E-state index in [0.717, 1.165) is 19.6 Å². The largest absolute Gasteiger partial charge is 0.481 e. The Bertz CT molecular complexity index is 231. The average Bonchev–Trinajstić information content (AvgIpc) is 2.19. The Labute approximate surface area is 91.0 Å². The van der Waals surface area contributed by atoms with Crippen LogP contribution in [0.25, 0.3) is 0 Å². The normalized spacial score (nSPS) is 27.5. The number of piperazine rings is 1.